The van der Waals surface area contributed by atoms with Gasteiger partial charge >= 0.3 is 17.9 Å². The van der Waals surface area contributed by atoms with Crippen LogP contribution in [0.2, 0.25) is 0 Å². The Labute approximate surface area is 361 Å². The first kappa shape index (κ1) is 54.8. The molecule has 0 bridgehead atoms. The molecule has 59 heavy (non-hydrogen) atoms. The summed E-state index contributed by atoms with van der Waals surface area (Å²) in [6.45, 7) is 6.19. The number of rotatable bonds is 39. The maximum absolute atomic E-state index is 12.7. The average Bonchev–Trinajstić information content (AvgIpc) is 3.23. The van der Waals surface area contributed by atoms with Crippen molar-refractivity contribution in [2.45, 2.75) is 181 Å². The van der Waals surface area contributed by atoms with Crippen LogP contribution in [0.15, 0.2) is 122 Å². The minimum atomic E-state index is -0.871. The van der Waals surface area contributed by atoms with E-state index in [1.807, 2.05) is 12.2 Å². The zero-order valence-corrected chi connectivity index (χ0v) is 37.5. The van der Waals surface area contributed by atoms with Gasteiger partial charge in [0, 0.05) is 6.42 Å². The summed E-state index contributed by atoms with van der Waals surface area (Å²) in [6.07, 6.45) is 63.7. The normalized spacial score (nSPS) is 13.2. The number of unbranched alkanes of at least 4 members (excludes halogenated alkanes) is 10. The van der Waals surface area contributed by atoms with E-state index in [4.69, 9.17) is 14.2 Å². The van der Waals surface area contributed by atoms with E-state index in [1.165, 1.54) is 51.4 Å². The van der Waals surface area contributed by atoms with E-state index in [2.05, 4.69) is 118 Å². The molecule has 0 aliphatic rings. The molecule has 330 valence electrons. The molecule has 0 aromatic rings. The van der Waals surface area contributed by atoms with Crippen molar-refractivity contribution >= 4 is 17.9 Å². The molecule has 6 heteroatoms. The van der Waals surface area contributed by atoms with Crippen LogP contribution in [0.25, 0.3) is 0 Å². The molecule has 1 atom stereocenters. The summed E-state index contributed by atoms with van der Waals surface area (Å²) in [6, 6.07) is 0. The van der Waals surface area contributed by atoms with Crippen molar-refractivity contribution in [3.63, 3.8) is 0 Å². The third-order valence-electron chi connectivity index (χ3n) is 9.03. The number of hydrogen-bond acceptors (Lipinski definition) is 6. The van der Waals surface area contributed by atoms with Gasteiger partial charge in [-0.05, 0) is 70.6 Å². The third-order valence-corrected chi connectivity index (χ3v) is 9.03. The number of ether oxygens (including phenoxy) is 3. The summed E-state index contributed by atoms with van der Waals surface area (Å²) in [5, 5.41) is 0. The number of hydrogen-bond donors (Lipinski definition) is 0. The first-order valence-electron chi connectivity index (χ1n) is 23.0. The summed E-state index contributed by atoms with van der Waals surface area (Å²) in [7, 11) is 0. The van der Waals surface area contributed by atoms with Crippen LogP contribution in [-0.2, 0) is 28.6 Å². The zero-order chi connectivity index (χ0) is 43.0. The predicted octanol–water partition coefficient (Wildman–Crippen LogP) is 15.0. The van der Waals surface area contributed by atoms with Gasteiger partial charge in [0.15, 0.2) is 6.10 Å². The Morgan fingerprint density at radius 3 is 1.03 bits per heavy atom. The molecule has 0 saturated heterocycles. The summed E-state index contributed by atoms with van der Waals surface area (Å²) in [4.78, 5) is 37.7. The van der Waals surface area contributed by atoms with E-state index in [1.54, 1.807) is 12.2 Å². The van der Waals surface area contributed by atoms with Gasteiger partial charge in [-0.15, -0.1) is 0 Å². The van der Waals surface area contributed by atoms with Gasteiger partial charge in [0.05, 0.1) is 12.8 Å². The highest BCUT2D eigenvalue weighted by Crippen LogP contribution is 2.12. The highest BCUT2D eigenvalue weighted by Gasteiger charge is 2.19. The van der Waals surface area contributed by atoms with Crippen LogP contribution in [0.5, 0.6) is 0 Å². The second-order valence-electron chi connectivity index (χ2n) is 14.6. The fourth-order valence-electron chi connectivity index (χ4n) is 5.65. The molecule has 1 unspecified atom stereocenters. The van der Waals surface area contributed by atoms with E-state index >= 15 is 0 Å². The molecule has 0 spiro atoms. The quantitative estimate of drug-likeness (QED) is 0.0266. The van der Waals surface area contributed by atoms with E-state index in [0.717, 1.165) is 77.0 Å². The van der Waals surface area contributed by atoms with Gasteiger partial charge in [0.2, 0.25) is 0 Å². The van der Waals surface area contributed by atoms with Gasteiger partial charge in [0.25, 0.3) is 0 Å². The Balaban J connectivity index is 4.67. The topological polar surface area (TPSA) is 78.9 Å². The SMILES string of the molecule is CC/C=C\C/C=C\C/C=C\C/C=C\C/C=C\CC(=O)OCC(COC(=O)CCCCCCCCCCCCC)OC(=O)C/C=C\C/C=C\C/C=C\C/C=C\C/C=C\CC. The molecule has 0 N–H and O–H groups in total. The molecule has 0 saturated carbocycles. The fourth-order valence-corrected chi connectivity index (χ4v) is 5.65. The molecule has 0 aliphatic heterocycles. The second-order valence-corrected chi connectivity index (χ2v) is 14.6. The van der Waals surface area contributed by atoms with Crippen LogP contribution in [-0.4, -0.2) is 37.2 Å². The van der Waals surface area contributed by atoms with E-state index in [9.17, 15) is 14.4 Å². The number of carbonyl (C=O) groups is 3. The Hall–Kier alpha value is -4.19. The molecule has 0 aromatic heterocycles. The van der Waals surface area contributed by atoms with Crippen LogP contribution in [0.1, 0.15) is 175 Å². The van der Waals surface area contributed by atoms with Crippen molar-refractivity contribution in [1.82, 2.24) is 0 Å². The Morgan fingerprint density at radius 1 is 0.356 bits per heavy atom. The average molecular weight is 815 g/mol. The molecule has 0 aliphatic carbocycles. The van der Waals surface area contributed by atoms with Gasteiger partial charge in [-0.1, -0.05) is 206 Å². The van der Waals surface area contributed by atoms with E-state index < -0.39 is 18.0 Å². The lowest BCUT2D eigenvalue weighted by atomic mass is 10.1. The van der Waals surface area contributed by atoms with Crippen molar-refractivity contribution in [2.75, 3.05) is 13.2 Å². The Bertz CT molecular complexity index is 1300. The van der Waals surface area contributed by atoms with Crippen molar-refractivity contribution in [2.24, 2.45) is 0 Å². The number of allylic oxidation sites excluding steroid dienone is 18. The highest BCUT2D eigenvalue weighted by atomic mass is 16.6. The maximum atomic E-state index is 12.7. The van der Waals surface area contributed by atoms with Gasteiger partial charge in [0.1, 0.15) is 13.2 Å². The van der Waals surface area contributed by atoms with Crippen molar-refractivity contribution < 1.29 is 28.6 Å². The van der Waals surface area contributed by atoms with Gasteiger partial charge in [-0.3, -0.25) is 14.4 Å². The van der Waals surface area contributed by atoms with Crippen molar-refractivity contribution in [3.8, 4) is 0 Å². The molecular formula is C53H82O6. The first-order valence-corrected chi connectivity index (χ1v) is 23.0. The van der Waals surface area contributed by atoms with Gasteiger partial charge < -0.3 is 14.2 Å². The highest BCUT2D eigenvalue weighted by molar-refractivity contribution is 5.72. The van der Waals surface area contributed by atoms with Crippen LogP contribution in [0, 0.1) is 0 Å². The summed E-state index contributed by atoms with van der Waals surface area (Å²) in [5.74, 6) is -1.23. The molecule has 0 rings (SSSR count). The molecule has 0 fully saturated rings. The molecule has 0 aromatic carbocycles. The molecular weight excluding hydrogens is 733 g/mol. The van der Waals surface area contributed by atoms with Gasteiger partial charge in [-0.2, -0.15) is 0 Å². The zero-order valence-electron chi connectivity index (χ0n) is 37.5. The molecule has 0 amide bonds. The summed E-state index contributed by atoms with van der Waals surface area (Å²) < 4.78 is 16.5. The standard InChI is InChI=1S/C53H82O6/c1-4-7-10-13-16-19-22-24-26-28-31-34-37-40-43-46-52(55)58-49-50(48-57-51(54)45-42-39-36-33-30-21-18-15-12-9-6-3)59-53(56)47-44-41-38-35-32-29-27-25-23-20-17-14-11-8-5-2/h7-8,10-11,16-17,19-20,24-27,31-32,34-35,40-41,43-44,50H,4-6,9,12-15,18,21-23,28-30,33,36-39,42,45-49H2,1-3H3/b10-7-,11-8-,19-16-,20-17-,26-24-,27-25-,34-31-,35-32-,43-40-,44-41-. The maximum Gasteiger partial charge on any atom is 0.310 e. The first-order chi connectivity index (χ1) is 29.0. The minimum absolute atomic E-state index is 0.0741. The second kappa shape index (κ2) is 46.5. The largest absolute Gasteiger partial charge is 0.462 e. The smallest absolute Gasteiger partial charge is 0.310 e. The predicted molar refractivity (Wildman–Crippen MR) is 251 cm³/mol. The lowest BCUT2D eigenvalue weighted by molar-refractivity contribution is -0.166. The Kier molecular flexibility index (Phi) is 43.2. The van der Waals surface area contributed by atoms with Gasteiger partial charge in [-0.25, -0.2) is 0 Å². The summed E-state index contributed by atoms with van der Waals surface area (Å²) in [5.41, 5.74) is 0. The molecule has 6 nitrogen and oxygen atoms in total. The molecule has 0 radical (unpaired) electrons. The monoisotopic (exact) mass is 815 g/mol. The van der Waals surface area contributed by atoms with Crippen LogP contribution in [0.3, 0.4) is 0 Å². The lowest BCUT2D eigenvalue weighted by Gasteiger charge is -2.17. The van der Waals surface area contributed by atoms with Crippen molar-refractivity contribution in [1.29, 1.82) is 0 Å². The Morgan fingerprint density at radius 2 is 0.661 bits per heavy atom. The lowest BCUT2D eigenvalue weighted by Crippen LogP contribution is -2.30. The van der Waals surface area contributed by atoms with Crippen LogP contribution >= 0.6 is 0 Å². The number of carbonyl (C=O) groups excluding carboxylic acids is 3. The van der Waals surface area contributed by atoms with Crippen molar-refractivity contribution in [3.05, 3.63) is 122 Å². The van der Waals surface area contributed by atoms with E-state index in [0.29, 0.717) is 12.8 Å². The fraction of sp³-hybridized carbons (Fsp3) is 0.566. The van der Waals surface area contributed by atoms with Crippen LogP contribution < -0.4 is 0 Å². The van der Waals surface area contributed by atoms with Crippen LogP contribution in [0.4, 0.5) is 0 Å². The third kappa shape index (κ3) is 44.8. The van der Waals surface area contributed by atoms with E-state index in [-0.39, 0.29) is 32.0 Å². The molecule has 0 heterocycles. The minimum Gasteiger partial charge on any atom is -0.462 e. The number of esters is 3. The summed E-state index contributed by atoms with van der Waals surface area (Å²) >= 11 is 0.